The van der Waals surface area contributed by atoms with Crippen LogP contribution in [0.25, 0.3) is 0 Å². The Morgan fingerprint density at radius 3 is 2.57 bits per heavy atom. The minimum atomic E-state index is -1.17. The standard InChI is InChI=1S/C13H23N5O3/c1-5-13(3,4)15-11(19)8(2)18-9(6-7-14)10(12(20)21)16-17-18/h8H,5-7,14H2,1-4H3,(H,15,19)(H,20,21). The molecule has 1 heterocycles. The third-order valence-electron chi connectivity index (χ3n) is 3.47. The quantitative estimate of drug-likeness (QED) is 0.667. The van der Waals surface area contributed by atoms with Crippen molar-refractivity contribution in [2.75, 3.05) is 6.54 Å². The van der Waals surface area contributed by atoms with Crippen LogP contribution in [0.2, 0.25) is 0 Å². The Morgan fingerprint density at radius 1 is 1.48 bits per heavy atom. The van der Waals surface area contributed by atoms with Gasteiger partial charge in [0.1, 0.15) is 6.04 Å². The number of carboxylic acids is 1. The van der Waals surface area contributed by atoms with Gasteiger partial charge in [0.25, 0.3) is 0 Å². The van der Waals surface area contributed by atoms with Gasteiger partial charge in [0.2, 0.25) is 5.91 Å². The number of rotatable bonds is 7. The van der Waals surface area contributed by atoms with Crippen molar-refractivity contribution in [1.29, 1.82) is 0 Å². The lowest BCUT2D eigenvalue weighted by atomic mass is 10.0. The van der Waals surface area contributed by atoms with E-state index in [0.29, 0.717) is 12.1 Å². The Labute approximate surface area is 123 Å². The first-order valence-corrected chi connectivity index (χ1v) is 6.93. The first-order valence-electron chi connectivity index (χ1n) is 6.93. The van der Waals surface area contributed by atoms with Crippen molar-refractivity contribution in [3.63, 3.8) is 0 Å². The van der Waals surface area contributed by atoms with Crippen LogP contribution in [0.5, 0.6) is 0 Å². The fraction of sp³-hybridized carbons (Fsp3) is 0.692. The minimum absolute atomic E-state index is 0.158. The van der Waals surface area contributed by atoms with Gasteiger partial charge in [-0.15, -0.1) is 5.10 Å². The molecular formula is C13H23N5O3. The number of carbonyl (C=O) groups excluding carboxylic acids is 1. The third-order valence-corrected chi connectivity index (χ3v) is 3.47. The first kappa shape index (κ1) is 17.1. The van der Waals surface area contributed by atoms with Gasteiger partial charge in [-0.3, -0.25) is 4.79 Å². The van der Waals surface area contributed by atoms with E-state index in [0.717, 1.165) is 6.42 Å². The minimum Gasteiger partial charge on any atom is -0.476 e. The van der Waals surface area contributed by atoms with Crippen molar-refractivity contribution in [2.24, 2.45) is 5.73 Å². The summed E-state index contributed by atoms with van der Waals surface area (Å²) in [4.78, 5) is 23.4. The van der Waals surface area contributed by atoms with Gasteiger partial charge < -0.3 is 16.2 Å². The molecule has 0 aromatic carbocycles. The molecule has 1 rings (SSSR count). The maximum Gasteiger partial charge on any atom is 0.358 e. The Kier molecular flexibility index (Phi) is 5.42. The van der Waals surface area contributed by atoms with E-state index in [2.05, 4.69) is 15.6 Å². The Hall–Kier alpha value is -1.96. The van der Waals surface area contributed by atoms with Crippen molar-refractivity contribution < 1.29 is 14.7 Å². The highest BCUT2D eigenvalue weighted by molar-refractivity contribution is 5.87. The molecule has 8 nitrogen and oxygen atoms in total. The summed E-state index contributed by atoms with van der Waals surface area (Å²) >= 11 is 0. The zero-order valence-corrected chi connectivity index (χ0v) is 12.9. The van der Waals surface area contributed by atoms with Crippen LogP contribution in [0, 0.1) is 0 Å². The Bertz CT molecular complexity index is 524. The van der Waals surface area contributed by atoms with Crippen LogP contribution in [-0.2, 0) is 11.2 Å². The van der Waals surface area contributed by atoms with Crippen LogP contribution < -0.4 is 11.1 Å². The smallest absolute Gasteiger partial charge is 0.358 e. The monoisotopic (exact) mass is 297 g/mol. The molecule has 1 aromatic rings. The van der Waals surface area contributed by atoms with E-state index in [1.807, 2.05) is 20.8 Å². The highest BCUT2D eigenvalue weighted by Gasteiger charge is 2.27. The molecule has 0 aliphatic carbocycles. The number of aromatic nitrogens is 3. The highest BCUT2D eigenvalue weighted by atomic mass is 16.4. The summed E-state index contributed by atoms with van der Waals surface area (Å²) in [6.07, 6.45) is 1.07. The topological polar surface area (TPSA) is 123 Å². The van der Waals surface area contributed by atoms with E-state index in [9.17, 15) is 9.59 Å². The van der Waals surface area contributed by atoms with Crippen molar-refractivity contribution >= 4 is 11.9 Å². The van der Waals surface area contributed by atoms with Crippen molar-refractivity contribution in [3.8, 4) is 0 Å². The van der Waals surface area contributed by atoms with E-state index in [-0.39, 0.29) is 23.7 Å². The first-order chi connectivity index (χ1) is 9.73. The largest absolute Gasteiger partial charge is 0.476 e. The molecule has 0 radical (unpaired) electrons. The predicted octanol–water partition coefficient (Wildman–Crippen LogP) is 0.343. The molecule has 1 atom stereocenters. The second kappa shape index (κ2) is 6.66. The molecule has 0 saturated carbocycles. The maximum atomic E-state index is 12.3. The zero-order valence-electron chi connectivity index (χ0n) is 12.9. The van der Waals surface area contributed by atoms with E-state index < -0.39 is 12.0 Å². The van der Waals surface area contributed by atoms with E-state index in [1.54, 1.807) is 6.92 Å². The number of amides is 1. The second-order valence-electron chi connectivity index (χ2n) is 5.58. The lowest BCUT2D eigenvalue weighted by Gasteiger charge is -2.26. The molecule has 1 unspecified atom stereocenters. The van der Waals surface area contributed by atoms with Gasteiger partial charge in [-0.25, -0.2) is 9.48 Å². The van der Waals surface area contributed by atoms with Crippen LogP contribution >= 0.6 is 0 Å². The summed E-state index contributed by atoms with van der Waals surface area (Å²) in [6.45, 7) is 7.72. The lowest BCUT2D eigenvalue weighted by molar-refractivity contribution is -0.125. The highest BCUT2D eigenvalue weighted by Crippen LogP contribution is 2.15. The van der Waals surface area contributed by atoms with Gasteiger partial charge >= 0.3 is 5.97 Å². The van der Waals surface area contributed by atoms with Crippen molar-refractivity contribution in [1.82, 2.24) is 20.3 Å². The van der Waals surface area contributed by atoms with Crippen LogP contribution in [0.3, 0.4) is 0 Å². The van der Waals surface area contributed by atoms with Gasteiger partial charge in [0, 0.05) is 12.0 Å². The molecule has 0 aliphatic rings. The van der Waals surface area contributed by atoms with E-state index >= 15 is 0 Å². The maximum absolute atomic E-state index is 12.3. The van der Waals surface area contributed by atoms with Gasteiger partial charge in [0.15, 0.2) is 5.69 Å². The van der Waals surface area contributed by atoms with Gasteiger partial charge in [0.05, 0.1) is 5.69 Å². The molecular weight excluding hydrogens is 274 g/mol. The number of carbonyl (C=O) groups is 2. The number of nitrogens with zero attached hydrogens (tertiary/aromatic N) is 3. The molecule has 1 amide bonds. The van der Waals surface area contributed by atoms with Crippen LogP contribution in [-0.4, -0.2) is 44.1 Å². The number of carboxylic acid groups (broad SMARTS) is 1. The van der Waals surface area contributed by atoms with Crippen LogP contribution in [0.1, 0.15) is 56.3 Å². The summed E-state index contributed by atoms with van der Waals surface area (Å²) in [5, 5.41) is 19.4. The van der Waals surface area contributed by atoms with Crippen molar-refractivity contribution in [2.45, 2.75) is 52.1 Å². The van der Waals surface area contributed by atoms with E-state index in [4.69, 9.17) is 10.8 Å². The SMILES string of the molecule is CCC(C)(C)NC(=O)C(C)n1nnc(C(=O)O)c1CCN. The van der Waals surface area contributed by atoms with Crippen molar-refractivity contribution in [3.05, 3.63) is 11.4 Å². The molecule has 21 heavy (non-hydrogen) atoms. The zero-order chi connectivity index (χ0) is 16.2. The molecule has 4 N–H and O–H groups in total. The average Bonchev–Trinajstić information content (AvgIpc) is 2.81. The molecule has 0 bridgehead atoms. The number of hydrogen-bond donors (Lipinski definition) is 3. The molecule has 0 fully saturated rings. The number of aromatic carboxylic acids is 1. The molecule has 0 spiro atoms. The molecule has 118 valence electrons. The van der Waals surface area contributed by atoms with E-state index in [1.165, 1.54) is 4.68 Å². The summed E-state index contributed by atoms with van der Waals surface area (Å²) in [6, 6.07) is -0.655. The third kappa shape index (κ3) is 4.01. The van der Waals surface area contributed by atoms with Gasteiger partial charge in [-0.05, 0) is 33.7 Å². The fourth-order valence-corrected chi connectivity index (χ4v) is 1.80. The van der Waals surface area contributed by atoms with Gasteiger partial charge in [-0.1, -0.05) is 12.1 Å². The second-order valence-corrected chi connectivity index (χ2v) is 5.58. The Balaban J connectivity index is 3.04. The predicted molar refractivity (Wildman–Crippen MR) is 77.0 cm³/mol. The number of hydrogen-bond acceptors (Lipinski definition) is 5. The normalized spacial score (nSPS) is 13.0. The molecule has 0 aliphatic heterocycles. The molecule has 1 aromatic heterocycles. The summed E-state index contributed by atoms with van der Waals surface area (Å²) < 4.78 is 1.33. The number of nitrogens with two attached hydrogens (primary N) is 1. The molecule has 0 saturated heterocycles. The average molecular weight is 297 g/mol. The fourth-order valence-electron chi connectivity index (χ4n) is 1.80. The van der Waals surface area contributed by atoms with Gasteiger partial charge in [-0.2, -0.15) is 0 Å². The van der Waals surface area contributed by atoms with Crippen LogP contribution in [0.4, 0.5) is 0 Å². The number of nitrogens with one attached hydrogen (secondary N) is 1. The lowest BCUT2D eigenvalue weighted by Crippen LogP contribution is -2.46. The summed E-state index contributed by atoms with van der Waals surface area (Å²) in [5.74, 6) is -1.41. The van der Waals surface area contributed by atoms with Crippen LogP contribution in [0.15, 0.2) is 0 Å². The molecule has 8 heteroatoms. The Morgan fingerprint density at radius 2 is 2.10 bits per heavy atom. The summed E-state index contributed by atoms with van der Waals surface area (Å²) in [7, 11) is 0. The summed E-state index contributed by atoms with van der Waals surface area (Å²) in [5.41, 5.74) is 5.36.